The fourth-order valence-corrected chi connectivity index (χ4v) is 6.60. The zero-order valence-electron chi connectivity index (χ0n) is 17.1. The van der Waals surface area contributed by atoms with Crippen LogP contribution in [0.2, 0.25) is 0 Å². The van der Waals surface area contributed by atoms with Crippen molar-refractivity contribution < 1.29 is 9.59 Å². The summed E-state index contributed by atoms with van der Waals surface area (Å²) in [4.78, 5) is 28.7. The number of carbonyl (C=O) groups excluding carboxylic acids is 2. The van der Waals surface area contributed by atoms with Crippen LogP contribution < -0.4 is 10.6 Å². The summed E-state index contributed by atoms with van der Waals surface area (Å²) in [5, 5.41) is 6.06. The Morgan fingerprint density at radius 1 is 1.10 bits per heavy atom. The summed E-state index contributed by atoms with van der Waals surface area (Å²) in [5.41, 5.74) is 2.60. The van der Waals surface area contributed by atoms with Crippen molar-refractivity contribution in [1.29, 1.82) is 0 Å². The van der Waals surface area contributed by atoms with Crippen molar-refractivity contribution in [2.75, 3.05) is 13.1 Å². The number of amides is 2. The quantitative estimate of drug-likeness (QED) is 0.791. The molecule has 0 aliphatic heterocycles. The molecule has 0 unspecified atom stereocenters. The molecule has 2 amide bonds. The Morgan fingerprint density at radius 2 is 1.79 bits per heavy atom. The first-order valence-electron chi connectivity index (χ1n) is 11.0. The topological polar surface area (TPSA) is 75.5 Å². The van der Waals surface area contributed by atoms with E-state index in [0.717, 1.165) is 35.6 Å². The van der Waals surface area contributed by atoms with Gasteiger partial charge >= 0.3 is 0 Å². The van der Waals surface area contributed by atoms with E-state index in [1.165, 1.54) is 45.4 Å². The molecular formula is C23H30N4O2. The minimum absolute atomic E-state index is 0.0165. The number of pyridine rings is 1. The van der Waals surface area contributed by atoms with Crippen LogP contribution in [0.3, 0.4) is 0 Å². The number of fused-ring (bicyclic) bond motifs is 1. The Hall–Kier alpha value is -2.37. The average Bonchev–Trinajstić information content (AvgIpc) is 3.07. The highest BCUT2D eigenvalue weighted by Crippen LogP contribution is 2.59. The molecule has 4 aliphatic rings. The molecule has 4 bridgehead atoms. The summed E-state index contributed by atoms with van der Waals surface area (Å²) in [6, 6.07) is 5.67. The molecule has 2 aromatic heterocycles. The molecule has 6 nitrogen and oxygen atoms in total. The van der Waals surface area contributed by atoms with Gasteiger partial charge in [-0.1, -0.05) is 6.07 Å². The van der Waals surface area contributed by atoms with Gasteiger partial charge < -0.3 is 10.6 Å². The van der Waals surface area contributed by atoms with Crippen molar-refractivity contribution in [3.8, 4) is 0 Å². The zero-order chi connectivity index (χ0) is 20.0. The van der Waals surface area contributed by atoms with Gasteiger partial charge in [-0.15, -0.1) is 0 Å². The molecule has 2 N–H and O–H groups in total. The van der Waals surface area contributed by atoms with Crippen LogP contribution in [0, 0.1) is 23.2 Å². The largest absolute Gasteiger partial charge is 0.356 e. The van der Waals surface area contributed by atoms with E-state index in [2.05, 4.69) is 15.6 Å². The van der Waals surface area contributed by atoms with E-state index in [1.54, 1.807) is 0 Å². The lowest BCUT2D eigenvalue weighted by molar-refractivity contribution is -0.118. The van der Waals surface area contributed by atoms with Gasteiger partial charge in [0.15, 0.2) is 0 Å². The van der Waals surface area contributed by atoms with Gasteiger partial charge in [0, 0.05) is 32.6 Å². The molecule has 4 saturated carbocycles. The third-order valence-electron chi connectivity index (χ3n) is 7.32. The molecule has 4 aliphatic carbocycles. The van der Waals surface area contributed by atoms with Crippen molar-refractivity contribution in [2.45, 2.75) is 51.9 Å². The van der Waals surface area contributed by atoms with Crippen molar-refractivity contribution >= 4 is 17.5 Å². The van der Waals surface area contributed by atoms with Crippen LogP contribution in [0.25, 0.3) is 5.65 Å². The molecule has 6 rings (SSSR count). The van der Waals surface area contributed by atoms with Gasteiger partial charge in [-0.05, 0) is 73.8 Å². The number of hydrogen-bond acceptors (Lipinski definition) is 3. The lowest BCUT2D eigenvalue weighted by Gasteiger charge is -2.56. The highest BCUT2D eigenvalue weighted by molar-refractivity contribution is 5.93. The van der Waals surface area contributed by atoms with Gasteiger partial charge in [0.25, 0.3) is 5.91 Å². The average molecular weight is 395 g/mol. The van der Waals surface area contributed by atoms with Gasteiger partial charge in [0.05, 0.1) is 5.69 Å². The number of hydrogen-bond donors (Lipinski definition) is 2. The molecular weight excluding hydrogens is 364 g/mol. The van der Waals surface area contributed by atoms with E-state index in [9.17, 15) is 9.59 Å². The predicted molar refractivity (Wildman–Crippen MR) is 111 cm³/mol. The van der Waals surface area contributed by atoms with Crippen LogP contribution in [0.5, 0.6) is 0 Å². The fourth-order valence-electron chi connectivity index (χ4n) is 6.60. The number of aromatic nitrogens is 2. The SMILES string of the molecule is CC(=O)NCCc1cn2c(C(=O)NCC34CC5CC(CC(C5)C3)C4)cccc2n1. The van der Waals surface area contributed by atoms with Crippen molar-refractivity contribution in [2.24, 2.45) is 23.2 Å². The highest BCUT2D eigenvalue weighted by Gasteiger charge is 2.50. The minimum atomic E-state index is -0.0430. The summed E-state index contributed by atoms with van der Waals surface area (Å²) in [7, 11) is 0. The molecule has 2 heterocycles. The number of imidazole rings is 1. The molecule has 0 aromatic carbocycles. The van der Waals surface area contributed by atoms with Crippen molar-refractivity contribution in [1.82, 2.24) is 20.0 Å². The van der Waals surface area contributed by atoms with Crippen molar-refractivity contribution in [3.63, 3.8) is 0 Å². The zero-order valence-corrected chi connectivity index (χ0v) is 17.1. The summed E-state index contributed by atoms with van der Waals surface area (Å²) < 4.78 is 1.87. The second kappa shape index (κ2) is 7.15. The lowest BCUT2D eigenvalue weighted by atomic mass is 9.49. The Kier molecular flexibility index (Phi) is 4.60. The summed E-state index contributed by atoms with van der Waals surface area (Å²) in [6.07, 6.45) is 10.7. The van der Waals surface area contributed by atoms with Crippen LogP contribution >= 0.6 is 0 Å². The summed E-state index contributed by atoms with van der Waals surface area (Å²) >= 11 is 0. The smallest absolute Gasteiger partial charge is 0.268 e. The van der Waals surface area contributed by atoms with Crippen LogP contribution in [0.4, 0.5) is 0 Å². The van der Waals surface area contributed by atoms with Crippen molar-refractivity contribution in [3.05, 3.63) is 35.8 Å². The fraction of sp³-hybridized carbons (Fsp3) is 0.609. The highest BCUT2D eigenvalue weighted by atomic mass is 16.2. The maximum absolute atomic E-state index is 13.0. The summed E-state index contributed by atoms with van der Waals surface area (Å²) in [6.45, 7) is 2.86. The maximum Gasteiger partial charge on any atom is 0.268 e. The van der Waals surface area contributed by atoms with E-state index in [0.29, 0.717) is 24.1 Å². The standard InChI is InChI=1S/C23H30N4O2/c1-15(28)24-6-5-19-13-27-20(3-2-4-21(27)26-19)22(29)25-14-23-10-16-7-17(11-23)9-18(8-16)12-23/h2-4,13,16-18H,5-12,14H2,1H3,(H,24,28)(H,25,29). The van der Waals surface area contributed by atoms with E-state index in [-0.39, 0.29) is 11.8 Å². The van der Waals surface area contributed by atoms with Crippen LogP contribution in [0.1, 0.15) is 61.6 Å². The molecule has 6 heteroatoms. The molecule has 2 aromatic rings. The molecule has 4 fully saturated rings. The van der Waals surface area contributed by atoms with E-state index < -0.39 is 0 Å². The third-order valence-corrected chi connectivity index (χ3v) is 7.32. The number of nitrogens with zero attached hydrogens (tertiary/aromatic N) is 2. The first kappa shape index (κ1) is 18.6. The molecule has 0 spiro atoms. The van der Waals surface area contributed by atoms with Gasteiger partial charge in [-0.2, -0.15) is 0 Å². The first-order chi connectivity index (χ1) is 14.0. The van der Waals surface area contributed by atoms with Gasteiger partial charge in [0.2, 0.25) is 5.91 Å². The number of carbonyl (C=O) groups is 2. The maximum atomic E-state index is 13.0. The minimum Gasteiger partial charge on any atom is -0.356 e. The first-order valence-corrected chi connectivity index (χ1v) is 11.0. The van der Waals surface area contributed by atoms with E-state index in [1.807, 2.05) is 28.8 Å². The van der Waals surface area contributed by atoms with Crippen LogP contribution in [-0.2, 0) is 11.2 Å². The second-order valence-electron chi connectivity index (χ2n) is 9.70. The van der Waals surface area contributed by atoms with Gasteiger partial charge in [-0.3, -0.25) is 14.0 Å². The van der Waals surface area contributed by atoms with Gasteiger partial charge in [0.1, 0.15) is 11.3 Å². The number of nitrogens with one attached hydrogen (secondary N) is 2. The predicted octanol–water partition coefficient (Wildman–Crippen LogP) is 2.96. The third kappa shape index (κ3) is 3.65. The summed E-state index contributed by atoms with van der Waals surface area (Å²) in [5.74, 6) is 2.61. The second-order valence-corrected chi connectivity index (χ2v) is 9.70. The molecule has 0 saturated heterocycles. The Balaban J connectivity index is 1.28. The van der Waals surface area contributed by atoms with Gasteiger partial charge in [-0.25, -0.2) is 4.98 Å². The lowest BCUT2D eigenvalue weighted by Crippen LogP contribution is -2.51. The molecule has 154 valence electrons. The van der Waals surface area contributed by atoms with E-state index >= 15 is 0 Å². The van der Waals surface area contributed by atoms with E-state index in [4.69, 9.17) is 0 Å². The van der Waals surface area contributed by atoms with Crippen LogP contribution in [-0.4, -0.2) is 34.3 Å². The molecule has 29 heavy (non-hydrogen) atoms. The molecule has 0 radical (unpaired) electrons. The Bertz CT molecular complexity index is 912. The van der Waals surface area contributed by atoms with Crippen LogP contribution in [0.15, 0.2) is 24.4 Å². The monoisotopic (exact) mass is 394 g/mol. The Morgan fingerprint density at radius 3 is 2.45 bits per heavy atom. The number of rotatable bonds is 6. The normalized spacial score (nSPS) is 29.9. The Labute approximate surface area is 171 Å². The molecule has 0 atom stereocenters.